The molecule has 7 heteroatoms. The van der Waals surface area contributed by atoms with E-state index in [4.69, 9.17) is 23.8 Å². The highest BCUT2D eigenvalue weighted by atomic mass is 35.5. The van der Waals surface area contributed by atoms with Crippen LogP contribution in [0.2, 0.25) is 5.02 Å². The predicted octanol–water partition coefficient (Wildman–Crippen LogP) is 5.22. The SMILES string of the molecule is Fc1ccc(Cl)c(-c2cc(C(F)(F)F)cc(=S)[nH]2)c1. The molecule has 1 heterocycles. The van der Waals surface area contributed by atoms with Gasteiger partial charge in [-0.1, -0.05) is 23.8 Å². The monoisotopic (exact) mass is 307 g/mol. The number of H-pyrrole nitrogens is 1. The molecule has 0 bridgehead atoms. The highest BCUT2D eigenvalue weighted by Crippen LogP contribution is 2.33. The molecule has 1 N–H and O–H groups in total. The second-order valence-electron chi connectivity index (χ2n) is 3.77. The van der Waals surface area contributed by atoms with Crippen LogP contribution in [0.25, 0.3) is 11.3 Å². The summed E-state index contributed by atoms with van der Waals surface area (Å²) in [5.41, 5.74) is -0.769. The van der Waals surface area contributed by atoms with Crippen LogP contribution in [0, 0.1) is 10.5 Å². The first kappa shape index (κ1) is 14.0. The lowest BCUT2D eigenvalue weighted by molar-refractivity contribution is -0.137. The average Bonchev–Trinajstić information content (AvgIpc) is 2.30. The number of hydrogen-bond donors (Lipinski definition) is 1. The lowest BCUT2D eigenvalue weighted by Gasteiger charge is -2.10. The standard InChI is InChI=1S/C12H6ClF4NS/c13-9-2-1-7(14)5-8(9)10-3-6(12(15,16)17)4-11(19)18-10/h1-5H,(H,18,19). The summed E-state index contributed by atoms with van der Waals surface area (Å²) in [4.78, 5) is 2.57. The summed E-state index contributed by atoms with van der Waals surface area (Å²) in [6.07, 6.45) is -4.53. The Morgan fingerprint density at radius 1 is 1.11 bits per heavy atom. The van der Waals surface area contributed by atoms with Crippen LogP contribution < -0.4 is 0 Å². The molecule has 0 radical (unpaired) electrons. The maximum Gasteiger partial charge on any atom is 0.416 e. The summed E-state index contributed by atoms with van der Waals surface area (Å²) >= 11 is 10.6. The van der Waals surface area contributed by atoms with E-state index in [-0.39, 0.29) is 20.9 Å². The molecule has 0 aliphatic rings. The molecule has 19 heavy (non-hydrogen) atoms. The Morgan fingerprint density at radius 3 is 2.42 bits per heavy atom. The minimum absolute atomic E-state index is 0.0179. The molecule has 1 aromatic carbocycles. The van der Waals surface area contributed by atoms with Crippen molar-refractivity contribution in [1.82, 2.24) is 4.98 Å². The zero-order chi connectivity index (χ0) is 14.2. The Kier molecular flexibility index (Phi) is 3.64. The van der Waals surface area contributed by atoms with Crippen molar-refractivity contribution in [1.29, 1.82) is 0 Å². The Labute approximate surface area is 115 Å². The van der Waals surface area contributed by atoms with Gasteiger partial charge in [-0.25, -0.2) is 4.39 Å². The Bertz CT molecular complexity index is 678. The zero-order valence-electron chi connectivity index (χ0n) is 9.18. The van der Waals surface area contributed by atoms with Gasteiger partial charge in [0.25, 0.3) is 0 Å². The summed E-state index contributed by atoms with van der Waals surface area (Å²) in [6, 6.07) is 5.07. The second-order valence-corrected chi connectivity index (χ2v) is 4.62. The molecule has 0 aliphatic heterocycles. The van der Waals surface area contributed by atoms with E-state index >= 15 is 0 Å². The molecule has 2 aromatic rings. The summed E-state index contributed by atoms with van der Waals surface area (Å²) in [7, 11) is 0. The van der Waals surface area contributed by atoms with Gasteiger partial charge in [-0.15, -0.1) is 0 Å². The first-order valence-electron chi connectivity index (χ1n) is 5.04. The summed E-state index contributed by atoms with van der Waals surface area (Å²) in [5.74, 6) is -0.601. The molecule has 0 unspecified atom stereocenters. The summed E-state index contributed by atoms with van der Waals surface area (Å²) in [6.45, 7) is 0. The third-order valence-corrected chi connectivity index (χ3v) is 2.94. The van der Waals surface area contributed by atoms with E-state index in [1.165, 1.54) is 6.07 Å². The fourth-order valence-corrected chi connectivity index (χ4v) is 2.01. The molecule has 0 atom stereocenters. The van der Waals surface area contributed by atoms with E-state index in [0.717, 1.165) is 24.3 Å². The van der Waals surface area contributed by atoms with Gasteiger partial charge in [0.05, 0.1) is 10.6 Å². The zero-order valence-corrected chi connectivity index (χ0v) is 10.8. The van der Waals surface area contributed by atoms with Crippen LogP contribution in [-0.4, -0.2) is 4.98 Å². The van der Waals surface area contributed by atoms with Gasteiger partial charge in [0.2, 0.25) is 0 Å². The Balaban J connectivity index is 2.66. The number of benzene rings is 1. The molecule has 0 amide bonds. The highest BCUT2D eigenvalue weighted by molar-refractivity contribution is 7.71. The van der Waals surface area contributed by atoms with Crippen molar-refractivity contribution >= 4 is 23.8 Å². The number of rotatable bonds is 1. The van der Waals surface area contributed by atoms with E-state index in [2.05, 4.69) is 4.98 Å². The second kappa shape index (κ2) is 4.94. The number of aromatic amines is 1. The van der Waals surface area contributed by atoms with Crippen LogP contribution in [0.4, 0.5) is 17.6 Å². The molecular formula is C12H6ClF4NS. The molecule has 1 aromatic heterocycles. The van der Waals surface area contributed by atoms with Crippen LogP contribution in [0.1, 0.15) is 5.56 Å². The van der Waals surface area contributed by atoms with Gasteiger partial charge in [-0.2, -0.15) is 13.2 Å². The molecule has 1 nitrogen and oxygen atoms in total. The van der Waals surface area contributed by atoms with Crippen molar-refractivity contribution in [3.05, 3.63) is 51.4 Å². The summed E-state index contributed by atoms with van der Waals surface area (Å²) < 4.78 is 51.1. The molecule has 0 saturated heterocycles. The fraction of sp³-hybridized carbons (Fsp3) is 0.0833. The largest absolute Gasteiger partial charge is 0.416 e. The van der Waals surface area contributed by atoms with Crippen LogP contribution >= 0.6 is 23.8 Å². The number of alkyl halides is 3. The van der Waals surface area contributed by atoms with E-state index in [1.54, 1.807) is 0 Å². The third kappa shape index (κ3) is 3.13. The van der Waals surface area contributed by atoms with Crippen molar-refractivity contribution in [2.45, 2.75) is 6.18 Å². The van der Waals surface area contributed by atoms with Crippen molar-refractivity contribution in [2.75, 3.05) is 0 Å². The lowest BCUT2D eigenvalue weighted by atomic mass is 10.1. The molecule has 0 saturated carbocycles. The molecule has 0 spiro atoms. The van der Waals surface area contributed by atoms with Gasteiger partial charge in [0.15, 0.2) is 0 Å². The van der Waals surface area contributed by atoms with Crippen molar-refractivity contribution in [2.24, 2.45) is 0 Å². The van der Waals surface area contributed by atoms with Gasteiger partial charge in [-0.05, 0) is 30.3 Å². The van der Waals surface area contributed by atoms with Gasteiger partial charge < -0.3 is 4.98 Å². The molecule has 100 valence electrons. The molecular weight excluding hydrogens is 302 g/mol. The Morgan fingerprint density at radius 2 is 1.79 bits per heavy atom. The van der Waals surface area contributed by atoms with E-state index in [9.17, 15) is 17.6 Å². The minimum atomic E-state index is -4.53. The number of halogens is 5. The number of pyridine rings is 1. The summed E-state index contributed by atoms with van der Waals surface area (Å²) in [5, 5.41) is 0.131. The first-order chi connectivity index (χ1) is 8.77. The van der Waals surface area contributed by atoms with E-state index in [0.29, 0.717) is 0 Å². The quantitative estimate of drug-likeness (QED) is 0.564. The van der Waals surface area contributed by atoms with Crippen LogP contribution in [0.15, 0.2) is 30.3 Å². The van der Waals surface area contributed by atoms with E-state index in [1.807, 2.05) is 0 Å². The molecule has 0 aliphatic carbocycles. The van der Waals surface area contributed by atoms with Crippen LogP contribution in [0.5, 0.6) is 0 Å². The van der Waals surface area contributed by atoms with E-state index < -0.39 is 17.6 Å². The number of nitrogens with one attached hydrogen (secondary N) is 1. The van der Waals surface area contributed by atoms with Gasteiger partial charge >= 0.3 is 6.18 Å². The number of hydrogen-bond acceptors (Lipinski definition) is 1. The van der Waals surface area contributed by atoms with Gasteiger partial charge in [0, 0.05) is 11.3 Å². The smallest absolute Gasteiger partial charge is 0.346 e. The normalized spacial score (nSPS) is 11.6. The molecule has 2 rings (SSSR count). The fourth-order valence-electron chi connectivity index (χ4n) is 1.56. The predicted molar refractivity (Wildman–Crippen MR) is 67.0 cm³/mol. The van der Waals surface area contributed by atoms with Crippen LogP contribution in [-0.2, 0) is 6.18 Å². The maximum absolute atomic E-state index is 13.1. The van der Waals surface area contributed by atoms with Crippen LogP contribution in [0.3, 0.4) is 0 Å². The Hall–Kier alpha value is -1.40. The number of aromatic nitrogens is 1. The highest BCUT2D eigenvalue weighted by Gasteiger charge is 2.31. The maximum atomic E-state index is 13.1. The molecule has 0 fully saturated rings. The average molecular weight is 308 g/mol. The van der Waals surface area contributed by atoms with Gasteiger partial charge in [0.1, 0.15) is 10.5 Å². The third-order valence-electron chi connectivity index (χ3n) is 2.39. The first-order valence-corrected chi connectivity index (χ1v) is 5.83. The van der Waals surface area contributed by atoms with Crippen molar-refractivity contribution < 1.29 is 17.6 Å². The van der Waals surface area contributed by atoms with Crippen molar-refractivity contribution in [3.63, 3.8) is 0 Å². The minimum Gasteiger partial charge on any atom is -0.346 e. The topological polar surface area (TPSA) is 15.8 Å². The lowest BCUT2D eigenvalue weighted by Crippen LogP contribution is -2.05. The van der Waals surface area contributed by atoms with Gasteiger partial charge in [-0.3, -0.25) is 0 Å². The van der Waals surface area contributed by atoms with Crippen molar-refractivity contribution in [3.8, 4) is 11.3 Å².